The van der Waals surface area contributed by atoms with Crippen molar-refractivity contribution in [2.24, 2.45) is 23.7 Å². The lowest BCUT2D eigenvalue weighted by Crippen LogP contribution is -2.37. The molecule has 2 rings (SSSR count). The van der Waals surface area contributed by atoms with Gasteiger partial charge in [0.1, 0.15) is 6.61 Å². The van der Waals surface area contributed by atoms with Gasteiger partial charge in [0.15, 0.2) is 0 Å². The Morgan fingerprint density at radius 2 is 2.05 bits per heavy atom. The molecular weight excluding hydrogens is 320 g/mol. The maximum absolute atomic E-state index is 13.3. The number of nitrogens with zero attached hydrogens (tertiary/aromatic N) is 1. The highest BCUT2D eigenvalue weighted by molar-refractivity contribution is 7.87. The lowest BCUT2D eigenvalue weighted by Gasteiger charge is -2.28. The molecule has 2 aliphatic rings. The van der Waals surface area contributed by atoms with Gasteiger partial charge in [-0.15, -0.1) is 0 Å². The van der Waals surface area contributed by atoms with E-state index in [0.29, 0.717) is 13.5 Å². The van der Waals surface area contributed by atoms with Crippen molar-refractivity contribution in [2.45, 2.75) is 30.6 Å². The first kappa shape index (κ1) is 17.5. The molecule has 0 spiro atoms. The zero-order chi connectivity index (χ0) is 16.5. The highest BCUT2D eigenvalue weighted by atomic mass is 32.2. The van der Waals surface area contributed by atoms with E-state index in [1.54, 1.807) is 0 Å². The minimum absolute atomic E-state index is 0.0190. The maximum Gasteiger partial charge on any atom is 0.392 e. The third kappa shape index (κ3) is 3.25. The number of halogens is 2. The van der Waals surface area contributed by atoms with E-state index in [4.69, 9.17) is 10.00 Å². The summed E-state index contributed by atoms with van der Waals surface area (Å²) in [5.74, 6) is 0.397. The average molecular weight is 339 g/mol. The van der Waals surface area contributed by atoms with Crippen LogP contribution in [0.3, 0.4) is 0 Å². The Labute approximate surface area is 128 Å². The third-order valence-electron chi connectivity index (χ3n) is 4.72. The molecule has 0 radical (unpaired) electrons. The first-order valence-electron chi connectivity index (χ1n) is 7.05. The van der Waals surface area contributed by atoms with Crippen LogP contribution in [0.4, 0.5) is 8.78 Å². The van der Waals surface area contributed by atoms with E-state index in [1.807, 2.05) is 0 Å². The molecule has 0 aromatic rings. The van der Waals surface area contributed by atoms with Crippen molar-refractivity contribution in [1.82, 2.24) is 0 Å². The predicted octanol–water partition coefficient (Wildman–Crippen LogP) is 1.12. The molecular formula is C13H19F2NO5S. The lowest BCUT2D eigenvalue weighted by molar-refractivity contribution is -0.0638. The van der Waals surface area contributed by atoms with Gasteiger partial charge in [0.25, 0.3) is 0 Å². The van der Waals surface area contributed by atoms with Gasteiger partial charge in [-0.3, -0.25) is 4.18 Å². The number of aliphatic hydroxyl groups is 1. The fraction of sp³-hybridized carbons (Fsp3) is 0.923. The van der Waals surface area contributed by atoms with Crippen LogP contribution >= 0.6 is 0 Å². The second-order valence-corrected chi connectivity index (χ2v) is 7.81. The van der Waals surface area contributed by atoms with Crippen molar-refractivity contribution in [3.63, 3.8) is 0 Å². The molecule has 2 bridgehead atoms. The highest BCUT2D eigenvalue weighted by Gasteiger charge is 2.49. The van der Waals surface area contributed by atoms with E-state index >= 15 is 0 Å². The van der Waals surface area contributed by atoms with Crippen LogP contribution in [0.2, 0.25) is 0 Å². The van der Waals surface area contributed by atoms with E-state index in [0.717, 1.165) is 12.8 Å². The van der Waals surface area contributed by atoms with Crippen molar-refractivity contribution in [2.75, 3.05) is 20.3 Å². The molecule has 2 aliphatic carbocycles. The van der Waals surface area contributed by atoms with E-state index in [2.05, 4.69) is 10.3 Å². The maximum atomic E-state index is 13.3. The van der Waals surface area contributed by atoms with Gasteiger partial charge < -0.3 is 9.84 Å². The monoisotopic (exact) mass is 339 g/mol. The first-order chi connectivity index (χ1) is 10.2. The molecule has 0 aromatic carbocycles. The normalized spacial score (nSPS) is 32.9. The molecule has 0 aromatic heterocycles. The zero-order valence-electron chi connectivity index (χ0n) is 12.1. The molecule has 0 aliphatic heterocycles. The van der Waals surface area contributed by atoms with E-state index < -0.39 is 28.1 Å². The van der Waals surface area contributed by atoms with Gasteiger partial charge >= 0.3 is 15.4 Å². The third-order valence-corrected chi connectivity index (χ3v) is 6.00. The van der Waals surface area contributed by atoms with Crippen LogP contribution in [0.5, 0.6) is 0 Å². The first-order valence-corrected chi connectivity index (χ1v) is 8.46. The number of ether oxygens (including phenoxy) is 1. The van der Waals surface area contributed by atoms with Crippen LogP contribution in [-0.4, -0.2) is 45.2 Å². The van der Waals surface area contributed by atoms with Gasteiger partial charge in [0, 0.05) is 5.92 Å². The lowest BCUT2D eigenvalue weighted by atomic mass is 9.80. The number of hydrogen-bond acceptors (Lipinski definition) is 6. The average Bonchev–Trinajstić information content (AvgIpc) is 3.06. The number of hydrogen-bond donors (Lipinski definition) is 1. The summed E-state index contributed by atoms with van der Waals surface area (Å²) >= 11 is 0. The second-order valence-electron chi connectivity index (χ2n) is 5.97. The van der Waals surface area contributed by atoms with Gasteiger partial charge in [-0.2, -0.15) is 22.5 Å². The summed E-state index contributed by atoms with van der Waals surface area (Å²) in [7, 11) is -4.36. The van der Waals surface area contributed by atoms with Crippen LogP contribution in [0.25, 0.3) is 0 Å². The molecule has 0 amide bonds. The van der Waals surface area contributed by atoms with E-state index in [9.17, 15) is 22.3 Å². The summed E-state index contributed by atoms with van der Waals surface area (Å²) in [5, 5.41) is 14.9. The standard InChI is InChI=1S/C13H19F2NO5S/c1-20-22(18,19)13(14,15)7-21-6-12(17)11-4-8-2-9(11)3-10(8)5-16/h8-12,17H,2-4,6-7H2,1H3. The van der Waals surface area contributed by atoms with Crippen molar-refractivity contribution in [3.05, 3.63) is 0 Å². The minimum atomic E-state index is -5.01. The minimum Gasteiger partial charge on any atom is -0.390 e. The molecule has 0 saturated heterocycles. The summed E-state index contributed by atoms with van der Waals surface area (Å²) in [5.41, 5.74) is 0. The van der Waals surface area contributed by atoms with Crippen molar-refractivity contribution >= 4 is 10.1 Å². The van der Waals surface area contributed by atoms with Gasteiger partial charge in [0.05, 0.1) is 25.9 Å². The Kier molecular flexibility index (Phi) is 5.06. The molecule has 0 heterocycles. The molecule has 5 atom stereocenters. The Hall–Kier alpha value is -0.820. The molecule has 9 heteroatoms. The van der Waals surface area contributed by atoms with Crippen LogP contribution in [0.15, 0.2) is 0 Å². The molecule has 1 N–H and O–H groups in total. The second kappa shape index (κ2) is 6.35. The summed E-state index contributed by atoms with van der Waals surface area (Å²) in [6.45, 7) is -1.72. The Bertz CT molecular complexity index is 547. The fourth-order valence-electron chi connectivity index (χ4n) is 3.57. The Balaban J connectivity index is 1.81. The van der Waals surface area contributed by atoms with Crippen LogP contribution in [0, 0.1) is 35.0 Å². The van der Waals surface area contributed by atoms with Crippen LogP contribution in [-0.2, 0) is 19.0 Å². The number of rotatable bonds is 7. The van der Waals surface area contributed by atoms with Crippen molar-refractivity contribution in [3.8, 4) is 6.07 Å². The summed E-state index contributed by atoms with van der Waals surface area (Å²) in [4.78, 5) is 0. The molecule has 6 nitrogen and oxygen atoms in total. The smallest absolute Gasteiger partial charge is 0.390 e. The van der Waals surface area contributed by atoms with Crippen LogP contribution in [0.1, 0.15) is 19.3 Å². The van der Waals surface area contributed by atoms with Gasteiger partial charge in [0.2, 0.25) is 0 Å². The van der Waals surface area contributed by atoms with Gasteiger partial charge in [-0.25, -0.2) is 0 Å². The molecule has 5 unspecified atom stereocenters. The fourth-order valence-corrected chi connectivity index (χ4v) is 4.04. The SMILES string of the molecule is COS(=O)(=O)C(F)(F)COCC(O)C1CC2CC1CC2C#N. The summed E-state index contributed by atoms with van der Waals surface area (Å²) in [6.07, 6.45) is 1.33. The number of nitriles is 1. The van der Waals surface area contributed by atoms with E-state index in [-0.39, 0.29) is 30.3 Å². The predicted molar refractivity (Wildman–Crippen MR) is 71.1 cm³/mol. The molecule has 126 valence electrons. The van der Waals surface area contributed by atoms with Crippen LogP contribution < -0.4 is 0 Å². The summed E-state index contributed by atoms with van der Waals surface area (Å²) < 4.78 is 57.1. The molecule has 2 saturated carbocycles. The molecule has 2 fully saturated rings. The Morgan fingerprint density at radius 3 is 2.55 bits per heavy atom. The van der Waals surface area contributed by atoms with Gasteiger partial charge in [-0.05, 0) is 37.0 Å². The number of fused-ring (bicyclic) bond motifs is 2. The zero-order valence-corrected chi connectivity index (χ0v) is 12.9. The number of aliphatic hydroxyl groups excluding tert-OH is 1. The van der Waals surface area contributed by atoms with Crippen molar-refractivity contribution in [1.29, 1.82) is 5.26 Å². The van der Waals surface area contributed by atoms with E-state index in [1.165, 1.54) is 0 Å². The molecule has 22 heavy (non-hydrogen) atoms. The number of alkyl halides is 2. The summed E-state index contributed by atoms with van der Waals surface area (Å²) in [6, 6.07) is 2.25. The topological polar surface area (TPSA) is 96.6 Å². The Morgan fingerprint density at radius 1 is 1.36 bits per heavy atom. The highest BCUT2D eigenvalue weighted by Crippen LogP contribution is 2.52. The quantitative estimate of drug-likeness (QED) is 0.698. The van der Waals surface area contributed by atoms with Crippen molar-refractivity contribution < 1.29 is 31.2 Å². The van der Waals surface area contributed by atoms with Gasteiger partial charge in [-0.1, -0.05) is 0 Å². The largest absolute Gasteiger partial charge is 0.392 e.